The molecule has 0 bridgehead atoms. The minimum atomic E-state index is -4.47. The van der Waals surface area contributed by atoms with Gasteiger partial charge in [0, 0.05) is 18.1 Å². The number of furan rings is 1. The maximum Gasteiger partial charge on any atom is 0.416 e. The number of nitrogens with zero attached hydrogens (tertiary/aromatic N) is 3. The van der Waals surface area contributed by atoms with E-state index in [2.05, 4.69) is 10.1 Å². The average molecular weight is 481 g/mol. The molecule has 34 heavy (non-hydrogen) atoms. The minimum absolute atomic E-state index is 0.141. The molecule has 0 fully saturated rings. The van der Waals surface area contributed by atoms with E-state index in [1.807, 2.05) is 30.3 Å². The van der Waals surface area contributed by atoms with E-state index in [4.69, 9.17) is 4.42 Å². The monoisotopic (exact) mass is 481 g/mol. The van der Waals surface area contributed by atoms with Gasteiger partial charge in [0.15, 0.2) is 0 Å². The van der Waals surface area contributed by atoms with Crippen molar-refractivity contribution in [1.82, 2.24) is 14.6 Å². The summed E-state index contributed by atoms with van der Waals surface area (Å²) in [6.45, 7) is 0. The summed E-state index contributed by atoms with van der Waals surface area (Å²) in [4.78, 5) is 29.4. The van der Waals surface area contributed by atoms with Gasteiger partial charge in [-0.05, 0) is 29.8 Å². The van der Waals surface area contributed by atoms with Gasteiger partial charge in [0.25, 0.3) is 11.1 Å². The van der Waals surface area contributed by atoms with Gasteiger partial charge in [0.05, 0.1) is 5.56 Å². The number of hydrogen-bond donors (Lipinski definition) is 0. The number of rotatable bonds is 4. The first kappa shape index (κ1) is 21.8. The number of hydrogen-bond acceptors (Lipinski definition) is 6. The Labute approximate surface area is 193 Å². The van der Waals surface area contributed by atoms with Crippen LogP contribution in [0.1, 0.15) is 22.6 Å². The summed E-state index contributed by atoms with van der Waals surface area (Å²) in [5, 5.41) is 4.20. The third kappa shape index (κ3) is 4.27. The van der Waals surface area contributed by atoms with Crippen molar-refractivity contribution < 1.29 is 17.6 Å². The smallest absolute Gasteiger partial charge is 0.416 e. The van der Waals surface area contributed by atoms with E-state index in [9.17, 15) is 22.8 Å². The SMILES string of the molecule is O=c1nc2sc(=Cc3ccc(-c4cccc(C(F)(F)F)c4)o3)c(=O)n2nc1Cc1ccccc1. The van der Waals surface area contributed by atoms with Crippen molar-refractivity contribution in [3.63, 3.8) is 0 Å². The Hall–Kier alpha value is -4.05. The molecule has 0 unspecified atom stereocenters. The summed E-state index contributed by atoms with van der Waals surface area (Å²) >= 11 is 0.971. The highest BCUT2D eigenvalue weighted by Crippen LogP contribution is 2.32. The van der Waals surface area contributed by atoms with Crippen LogP contribution in [0.5, 0.6) is 0 Å². The third-order valence-electron chi connectivity index (χ3n) is 5.04. The van der Waals surface area contributed by atoms with E-state index in [1.54, 1.807) is 6.07 Å². The number of benzene rings is 2. The van der Waals surface area contributed by atoms with E-state index < -0.39 is 22.9 Å². The summed E-state index contributed by atoms with van der Waals surface area (Å²) in [5.41, 5.74) is -0.504. The standard InChI is InChI=1S/C24H14F3N3O3S/c25-24(26,27)16-8-4-7-15(12-16)19-10-9-17(33-19)13-20-22(32)30-23(34-20)28-21(31)18(29-30)11-14-5-2-1-3-6-14/h1-10,12-13H,11H2. The largest absolute Gasteiger partial charge is 0.457 e. The summed E-state index contributed by atoms with van der Waals surface area (Å²) in [5.74, 6) is 0.491. The summed E-state index contributed by atoms with van der Waals surface area (Å²) in [7, 11) is 0. The van der Waals surface area contributed by atoms with Crippen LogP contribution >= 0.6 is 11.3 Å². The molecule has 0 radical (unpaired) electrons. The molecule has 0 saturated heterocycles. The molecule has 5 rings (SSSR count). The molecular formula is C24H14F3N3O3S. The van der Waals surface area contributed by atoms with Gasteiger partial charge in [0.1, 0.15) is 21.7 Å². The van der Waals surface area contributed by atoms with E-state index in [1.165, 1.54) is 24.3 Å². The fourth-order valence-electron chi connectivity index (χ4n) is 3.40. The molecule has 0 amide bonds. The molecule has 6 nitrogen and oxygen atoms in total. The van der Waals surface area contributed by atoms with Crippen LogP contribution < -0.4 is 15.7 Å². The van der Waals surface area contributed by atoms with E-state index in [-0.39, 0.29) is 38.7 Å². The summed E-state index contributed by atoms with van der Waals surface area (Å²) < 4.78 is 45.9. The molecule has 0 aliphatic carbocycles. The molecule has 10 heteroatoms. The molecule has 2 aromatic carbocycles. The van der Waals surface area contributed by atoms with Crippen LogP contribution in [0, 0.1) is 0 Å². The highest BCUT2D eigenvalue weighted by atomic mass is 32.1. The van der Waals surface area contributed by atoms with Crippen molar-refractivity contribution in [2.24, 2.45) is 0 Å². The first-order chi connectivity index (χ1) is 16.3. The quantitative estimate of drug-likeness (QED) is 0.389. The van der Waals surface area contributed by atoms with Gasteiger partial charge in [-0.25, -0.2) is 0 Å². The maximum absolute atomic E-state index is 13.0. The van der Waals surface area contributed by atoms with E-state index in [0.717, 1.165) is 33.5 Å². The van der Waals surface area contributed by atoms with Gasteiger partial charge in [0.2, 0.25) is 4.96 Å². The number of alkyl halides is 3. The highest BCUT2D eigenvalue weighted by Gasteiger charge is 2.30. The van der Waals surface area contributed by atoms with E-state index >= 15 is 0 Å². The fraction of sp³-hybridized carbons (Fsp3) is 0.0833. The predicted octanol–water partition coefficient (Wildman–Crippen LogP) is 3.93. The Morgan fingerprint density at radius 3 is 2.56 bits per heavy atom. The molecule has 0 spiro atoms. The molecular weight excluding hydrogens is 467 g/mol. The van der Waals surface area contributed by atoms with Crippen molar-refractivity contribution in [2.45, 2.75) is 12.6 Å². The molecule has 0 saturated carbocycles. The van der Waals surface area contributed by atoms with Gasteiger partial charge < -0.3 is 4.42 Å². The first-order valence-corrected chi connectivity index (χ1v) is 10.9. The Bertz CT molecular complexity index is 1670. The average Bonchev–Trinajstić information content (AvgIpc) is 3.39. The van der Waals surface area contributed by atoms with Crippen molar-refractivity contribution >= 4 is 22.4 Å². The maximum atomic E-state index is 13.0. The lowest BCUT2D eigenvalue weighted by molar-refractivity contribution is -0.137. The van der Waals surface area contributed by atoms with Crippen LogP contribution in [0.15, 0.2) is 80.7 Å². The van der Waals surface area contributed by atoms with Crippen LogP contribution in [0.2, 0.25) is 0 Å². The molecule has 0 N–H and O–H groups in total. The van der Waals surface area contributed by atoms with Gasteiger partial charge in [-0.3, -0.25) is 9.59 Å². The third-order valence-corrected chi connectivity index (χ3v) is 6.00. The Kier molecular flexibility index (Phi) is 5.37. The normalized spacial score (nSPS) is 12.5. The first-order valence-electron chi connectivity index (χ1n) is 10.0. The zero-order valence-electron chi connectivity index (χ0n) is 17.2. The van der Waals surface area contributed by atoms with Crippen molar-refractivity contribution in [3.8, 4) is 11.3 Å². The van der Waals surface area contributed by atoms with Crippen LogP contribution in [0.3, 0.4) is 0 Å². The van der Waals surface area contributed by atoms with Crippen LogP contribution in [0.25, 0.3) is 22.4 Å². The molecule has 0 atom stereocenters. The molecule has 0 aliphatic rings. The lowest BCUT2D eigenvalue weighted by Crippen LogP contribution is -2.28. The fourth-order valence-corrected chi connectivity index (χ4v) is 4.29. The predicted molar refractivity (Wildman–Crippen MR) is 121 cm³/mol. The van der Waals surface area contributed by atoms with E-state index in [0.29, 0.717) is 0 Å². The number of fused-ring (bicyclic) bond motifs is 1. The number of aromatic nitrogens is 3. The summed E-state index contributed by atoms with van der Waals surface area (Å²) in [6.07, 6.45) is -2.78. The second-order valence-corrected chi connectivity index (χ2v) is 8.43. The Morgan fingerprint density at radius 1 is 1.00 bits per heavy atom. The Balaban J connectivity index is 1.51. The van der Waals surface area contributed by atoms with Gasteiger partial charge >= 0.3 is 6.18 Å². The lowest BCUT2D eigenvalue weighted by atomic mass is 10.1. The zero-order chi connectivity index (χ0) is 23.9. The lowest BCUT2D eigenvalue weighted by Gasteiger charge is -2.07. The zero-order valence-corrected chi connectivity index (χ0v) is 18.1. The molecule has 0 aliphatic heterocycles. The molecule has 170 valence electrons. The minimum Gasteiger partial charge on any atom is -0.457 e. The second-order valence-electron chi connectivity index (χ2n) is 7.42. The molecule has 5 aromatic rings. The number of halogens is 3. The van der Waals surface area contributed by atoms with Gasteiger partial charge in [-0.15, -0.1) is 0 Å². The summed E-state index contributed by atoms with van der Waals surface area (Å²) in [6, 6.07) is 17.1. The topological polar surface area (TPSA) is 77.5 Å². The molecule has 3 aromatic heterocycles. The number of thiazole rings is 1. The van der Waals surface area contributed by atoms with Crippen molar-refractivity contribution in [1.29, 1.82) is 0 Å². The van der Waals surface area contributed by atoms with Gasteiger partial charge in [-0.1, -0.05) is 53.8 Å². The Morgan fingerprint density at radius 2 is 1.79 bits per heavy atom. The van der Waals surface area contributed by atoms with Crippen LogP contribution in [0.4, 0.5) is 13.2 Å². The van der Waals surface area contributed by atoms with Crippen molar-refractivity contribution in [2.75, 3.05) is 0 Å². The van der Waals surface area contributed by atoms with Crippen LogP contribution in [-0.4, -0.2) is 14.6 Å². The van der Waals surface area contributed by atoms with Crippen LogP contribution in [-0.2, 0) is 12.6 Å². The highest BCUT2D eigenvalue weighted by molar-refractivity contribution is 7.15. The van der Waals surface area contributed by atoms with Crippen molar-refractivity contribution in [3.05, 3.63) is 115 Å². The molecule has 3 heterocycles. The second kappa shape index (κ2) is 8.38. The van der Waals surface area contributed by atoms with Gasteiger partial charge in [-0.2, -0.15) is 27.8 Å².